The summed E-state index contributed by atoms with van der Waals surface area (Å²) in [6.45, 7) is 5.37. The fourth-order valence-corrected chi connectivity index (χ4v) is 3.07. The van der Waals surface area contributed by atoms with Crippen LogP contribution in [0.15, 0.2) is 18.2 Å². The van der Waals surface area contributed by atoms with Crippen molar-refractivity contribution < 1.29 is 14.5 Å². The van der Waals surface area contributed by atoms with Crippen LogP contribution in [0.5, 0.6) is 0 Å². The molecule has 0 aliphatic carbocycles. The summed E-state index contributed by atoms with van der Waals surface area (Å²) in [4.78, 5) is 35.3. The van der Waals surface area contributed by atoms with Crippen molar-refractivity contribution in [3.8, 4) is 0 Å². The van der Waals surface area contributed by atoms with Crippen molar-refractivity contribution in [2.75, 3.05) is 13.1 Å². The zero-order valence-electron chi connectivity index (χ0n) is 15.2. The molecule has 1 aliphatic rings. The van der Waals surface area contributed by atoms with Crippen molar-refractivity contribution in [2.45, 2.75) is 38.8 Å². The molecular weight excluding hydrogens is 395 g/mol. The summed E-state index contributed by atoms with van der Waals surface area (Å²) < 4.78 is 0. The highest BCUT2D eigenvalue weighted by Gasteiger charge is 2.28. The Morgan fingerprint density at radius 1 is 1.30 bits per heavy atom. The second-order valence-corrected chi connectivity index (χ2v) is 7.06. The molecule has 0 radical (unpaired) electrons. The summed E-state index contributed by atoms with van der Waals surface area (Å²) in [5.74, 6) is -0.903. The standard InChI is InChI=1S/C17H23ClN4O4.ClH/c1-10(2)15(17(24)20-11-5-7-19-8-6-11)21-16(23)13-4-3-12(22(25)26)9-14(13)18;/h3-4,9-11,15,19H,5-8H2,1-2H3,(H,20,24)(H,21,23);1H. The number of nitrogens with zero attached hydrogens (tertiary/aromatic N) is 1. The molecule has 1 aromatic carbocycles. The first kappa shape index (κ1) is 23.1. The van der Waals surface area contributed by atoms with E-state index in [1.54, 1.807) is 0 Å². The first-order chi connectivity index (χ1) is 12.3. The predicted molar refractivity (Wildman–Crippen MR) is 105 cm³/mol. The number of carbonyl (C=O) groups excluding carboxylic acids is 2. The summed E-state index contributed by atoms with van der Waals surface area (Å²) in [6.07, 6.45) is 1.69. The van der Waals surface area contributed by atoms with Gasteiger partial charge in [0.05, 0.1) is 15.5 Å². The van der Waals surface area contributed by atoms with E-state index in [0.29, 0.717) is 0 Å². The molecule has 1 aliphatic heterocycles. The van der Waals surface area contributed by atoms with Gasteiger partial charge in [-0.15, -0.1) is 12.4 Å². The van der Waals surface area contributed by atoms with Crippen molar-refractivity contribution in [2.24, 2.45) is 5.92 Å². The third kappa shape index (κ3) is 6.34. The number of benzene rings is 1. The van der Waals surface area contributed by atoms with Gasteiger partial charge >= 0.3 is 0 Å². The van der Waals surface area contributed by atoms with E-state index < -0.39 is 16.9 Å². The van der Waals surface area contributed by atoms with Crippen LogP contribution in [0.1, 0.15) is 37.0 Å². The van der Waals surface area contributed by atoms with E-state index in [9.17, 15) is 19.7 Å². The quantitative estimate of drug-likeness (QED) is 0.484. The minimum absolute atomic E-state index is 0. The molecule has 3 N–H and O–H groups in total. The molecule has 150 valence electrons. The van der Waals surface area contributed by atoms with E-state index in [4.69, 9.17) is 11.6 Å². The molecule has 2 amide bonds. The number of nitrogens with one attached hydrogen (secondary N) is 3. The van der Waals surface area contributed by atoms with Gasteiger partial charge in [0.1, 0.15) is 6.04 Å². The summed E-state index contributed by atoms with van der Waals surface area (Å²) in [5.41, 5.74) is -0.104. The lowest BCUT2D eigenvalue weighted by atomic mass is 10.0. The second kappa shape index (κ2) is 10.4. The van der Waals surface area contributed by atoms with Gasteiger partial charge in [0.25, 0.3) is 11.6 Å². The third-order valence-electron chi connectivity index (χ3n) is 4.33. The Hall–Kier alpha value is -1.90. The van der Waals surface area contributed by atoms with Gasteiger partial charge in [-0.3, -0.25) is 19.7 Å². The van der Waals surface area contributed by atoms with Crippen LogP contribution in [0.25, 0.3) is 0 Å². The molecule has 1 saturated heterocycles. The van der Waals surface area contributed by atoms with E-state index >= 15 is 0 Å². The molecule has 27 heavy (non-hydrogen) atoms. The number of non-ortho nitro benzene ring substituents is 1. The lowest BCUT2D eigenvalue weighted by Crippen LogP contribution is -2.53. The number of hydrogen-bond donors (Lipinski definition) is 3. The van der Waals surface area contributed by atoms with Crippen LogP contribution < -0.4 is 16.0 Å². The molecule has 0 aromatic heterocycles. The maximum atomic E-state index is 12.6. The zero-order chi connectivity index (χ0) is 19.3. The van der Waals surface area contributed by atoms with E-state index in [-0.39, 0.29) is 46.5 Å². The lowest BCUT2D eigenvalue weighted by molar-refractivity contribution is -0.384. The van der Waals surface area contributed by atoms with Gasteiger partial charge in [-0.1, -0.05) is 25.4 Å². The Kier molecular flexibility index (Phi) is 8.95. The smallest absolute Gasteiger partial charge is 0.270 e. The monoisotopic (exact) mass is 418 g/mol. The average Bonchev–Trinajstić information content (AvgIpc) is 2.59. The van der Waals surface area contributed by atoms with Crippen molar-refractivity contribution in [1.29, 1.82) is 0 Å². The van der Waals surface area contributed by atoms with Crippen LogP contribution in [-0.2, 0) is 4.79 Å². The normalized spacial score (nSPS) is 15.6. The van der Waals surface area contributed by atoms with E-state index in [2.05, 4.69) is 16.0 Å². The first-order valence-corrected chi connectivity index (χ1v) is 8.93. The van der Waals surface area contributed by atoms with Crippen LogP contribution in [-0.4, -0.2) is 41.9 Å². The molecule has 1 aromatic rings. The van der Waals surface area contributed by atoms with Gasteiger partial charge in [-0.2, -0.15) is 0 Å². The molecule has 0 bridgehead atoms. The van der Waals surface area contributed by atoms with Gasteiger partial charge in [-0.25, -0.2) is 0 Å². The Morgan fingerprint density at radius 2 is 1.93 bits per heavy atom. The number of carbonyl (C=O) groups is 2. The number of nitro groups is 1. The molecule has 0 saturated carbocycles. The number of halogens is 2. The maximum absolute atomic E-state index is 12.6. The minimum Gasteiger partial charge on any atom is -0.351 e. The molecular formula is C17H24Cl2N4O4. The molecule has 1 heterocycles. The van der Waals surface area contributed by atoms with Crippen LogP contribution in [0.4, 0.5) is 5.69 Å². The van der Waals surface area contributed by atoms with Crippen LogP contribution in [0.3, 0.4) is 0 Å². The molecule has 1 unspecified atom stereocenters. The first-order valence-electron chi connectivity index (χ1n) is 8.55. The van der Waals surface area contributed by atoms with Crippen LogP contribution in [0, 0.1) is 16.0 Å². The average molecular weight is 419 g/mol. The molecule has 8 nitrogen and oxygen atoms in total. The van der Waals surface area contributed by atoms with E-state index in [1.807, 2.05) is 13.8 Å². The van der Waals surface area contributed by atoms with Gasteiger partial charge < -0.3 is 16.0 Å². The zero-order valence-corrected chi connectivity index (χ0v) is 16.7. The highest BCUT2D eigenvalue weighted by Crippen LogP contribution is 2.22. The SMILES string of the molecule is CC(C)C(NC(=O)c1ccc([N+](=O)[O-])cc1Cl)C(=O)NC1CCNCC1.Cl. The molecule has 1 atom stereocenters. The maximum Gasteiger partial charge on any atom is 0.270 e. The third-order valence-corrected chi connectivity index (χ3v) is 4.64. The number of amides is 2. The highest BCUT2D eigenvalue weighted by molar-refractivity contribution is 6.34. The van der Waals surface area contributed by atoms with Gasteiger partial charge in [0.15, 0.2) is 0 Å². The number of nitro benzene ring substituents is 1. The van der Waals surface area contributed by atoms with E-state index in [0.717, 1.165) is 32.0 Å². The largest absolute Gasteiger partial charge is 0.351 e. The Labute approximate surface area is 169 Å². The lowest BCUT2D eigenvalue weighted by Gasteiger charge is -2.28. The summed E-state index contributed by atoms with van der Waals surface area (Å²) in [5, 5.41) is 19.6. The predicted octanol–water partition coefficient (Wildman–Crippen LogP) is 2.29. The fourth-order valence-electron chi connectivity index (χ4n) is 2.81. The van der Waals surface area contributed by atoms with Gasteiger partial charge in [-0.05, 0) is 37.9 Å². The fraction of sp³-hybridized carbons (Fsp3) is 0.529. The van der Waals surface area contributed by atoms with Crippen molar-refractivity contribution in [3.63, 3.8) is 0 Å². The Morgan fingerprint density at radius 3 is 2.44 bits per heavy atom. The van der Waals surface area contributed by atoms with Gasteiger partial charge in [0.2, 0.25) is 5.91 Å². The Bertz CT molecular complexity index is 694. The molecule has 1 fully saturated rings. The van der Waals surface area contributed by atoms with Crippen LogP contribution >= 0.6 is 24.0 Å². The molecule has 10 heteroatoms. The Balaban J connectivity index is 0.00000364. The topological polar surface area (TPSA) is 113 Å². The van der Waals surface area contributed by atoms with Crippen molar-refractivity contribution in [3.05, 3.63) is 38.9 Å². The highest BCUT2D eigenvalue weighted by atomic mass is 35.5. The molecule has 0 spiro atoms. The summed E-state index contributed by atoms with van der Waals surface area (Å²) >= 11 is 5.99. The summed E-state index contributed by atoms with van der Waals surface area (Å²) in [6, 6.07) is 2.99. The van der Waals surface area contributed by atoms with E-state index in [1.165, 1.54) is 12.1 Å². The second-order valence-electron chi connectivity index (χ2n) is 6.65. The van der Waals surface area contributed by atoms with Crippen molar-refractivity contribution >= 4 is 41.5 Å². The van der Waals surface area contributed by atoms with Crippen molar-refractivity contribution in [1.82, 2.24) is 16.0 Å². The molecule has 2 rings (SSSR count). The summed E-state index contributed by atoms with van der Waals surface area (Å²) in [7, 11) is 0. The van der Waals surface area contributed by atoms with Crippen LogP contribution in [0.2, 0.25) is 5.02 Å². The number of rotatable bonds is 6. The number of hydrogen-bond acceptors (Lipinski definition) is 5. The van der Waals surface area contributed by atoms with Gasteiger partial charge in [0, 0.05) is 18.2 Å². The minimum atomic E-state index is -0.719. The number of piperidine rings is 1.